The molecule has 5 rings (SSSR count). The summed E-state index contributed by atoms with van der Waals surface area (Å²) in [7, 11) is 1.90. The van der Waals surface area contributed by atoms with E-state index in [0.717, 1.165) is 27.8 Å². The molecule has 150 valence electrons. The SMILES string of the molecule is Cn1c(C(=O)NCC2Cc3cc(Cl)cc(-c4ncccn4)c3O2)cc2ccccc21. The molecule has 0 fully saturated rings. The average Bonchev–Trinajstić information content (AvgIpc) is 3.33. The Morgan fingerprint density at radius 2 is 2.00 bits per heavy atom. The number of hydrogen-bond donors (Lipinski definition) is 1. The molecule has 3 heterocycles. The molecule has 0 saturated heterocycles. The number of hydrogen-bond acceptors (Lipinski definition) is 4. The highest BCUT2D eigenvalue weighted by Gasteiger charge is 2.28. The van der Waals surface area contributed by atoms with Crippen LogP contribution in [-0.2, 0) is 13.5 Å². The Labute approximate surface area is 178 Å². The van der Waals surface area contributed by atoms with Crippen LogP contribution in [0.4, 0.5) is 0 Å². The highest BCUT2D eigenvalue weighted by molar-refractivity contribution is 6.31. The molecule has 1 aliphatic rings. The molecule has 1 amide bonds. The summed E-state index contributed by atoms with van der Waals surface area (Å²) in [5.74, 6) is 1.17. The highest BCUT2D eigenvalue weighted by atomic mass is 35.5. The van der Waals surface area contributed by atoms with Gasteiger partial charge in [-0.25, -0.2) is 9.97 Å². The van der Waals surface area contributed by atoms with Crippen molar-refractivity contribution in [2.75, 3.05) is 6.54 Å². The van der Waals surface area contributed by atoms with E-state index in [2.05, 4.69) is 15.3 Å². The minimum absolute atomic E-state index is 0.127. The van der Waals surface area contributed by atoms with E-state index in [4.69, 9.17) is 16.3 Å². The summed E-state index contributed by atoms with van der Waals surface area (Å²) in [6.07, 6.45) is 3.85. The molecular formula is C23H19ClN4O2. The van der Waals surface area contributed by atoms with Crippen LogP contribution in [0.1, 0.15) is 16.1 Å². The predicted molar refractivity (Wildman–Crippen MR) is 116 cm³/mol. The number of carbonyl (C=O) groups is 1. The molecule has 4 aromatic rings. The number of ether oxygens (including phenoxy) is 1. The van der Waals surface area contributed by atoms with Gasteiger partial charge in [0.15, 0.2) is 5.82 Å². The number of amides is 1. The summed E-state index contributed by atoms with van der Waals surface area (Å²) < 4.78 is 8.07. The van der Waals surface area contributed by atoms with Gasteiger partial charge >= 0.3 is 0 Å². The number of para-hydroxylation sites is 1. The van der Waals surface area contributed by atoms with Crippen LogP contribution in [0.25, 0.3) is 22.3 Å². The number of nitrogens with zero attached hydrogens (tertiary/aromatic N) is 3. The third kappa shape index (κ3) is 3.29. The van der Waals surface area contributed by atoms with Gasteiger partial charge in [-0.15, -0.1) is 0 Å². The summed E-state index contributed by atoms with van der Waals surface area (Å²) in [6, 6.07) is 15.3. The summed E-state index contributed by atoms with van der Waals surface area (Å²) in [6.45, 7) is 0.391. The Morgan fingerprint density at radius 3 is 2.80 bits per heavy atom. The van der Waals surface area contributed by atoms with Crippen molar-refractivity contribution in [2.45, 2.75) is 12.5 Å². The van der Waals surface area contributed by atoms with Crippen molar-refractivity contribution in [3.8, 4) is 17.1 Å². The van der Waals surface area contributed by atoms with Crippen molar-refractivity contribution < 1.29 is 9.53 Å². The van der Waals surface area contributed by atoms with Crippen LogP contribution in [0.2, 0.25) is 5.02 Å². The van der Waals surface area contributed by atoms with E-state index >= 15 is 0 Å². The lowest BCUT2D eigenvalue weighted by molar-refractivity contribution is 0.0926. The van der Waals surface area contributed by atoms with Gasteiger partial charge in [-0.3, -0.25) is 4.79 Å². The van der Waals surface area contributed by atoms with Gasteiger partial charge in [0, 0.05) is 47.4 Å². The summed E-state index contributed by atoms with van der Waals surface area (Å²) in [5.41, 5.74) is 3.40. The molecule has 2 aromatic heterocycles. The smallest absolute Gasteiger partial charge is 0.268 e. The van der Waals surface area contributed by atoms with E-state index < -0.39 is 0 Å². The fourth-order valence-corrected chi connectivity index (χ4v) is 4.16. The van der Waals surface area contributed by atoms with Crippen LogP contribution >= 0.6 is 11.6 Å². The Balaban J connectivity index is 1.33. The Morgan fingerprint density at radius 1 is 1.20 bits per heavy atom. The molecule has 30 heavy (non-hydrogen) atoms. The first kappa shape index (κ1) is 18.6. The predicted octanol–water partition coefficient (Wildman–Crippen LogP) is 4.02. The molecule has 1 N–H and O–H groups in total. The standard InChI is InChI=1S/C23H19ClN4O2/c1-28-19-6-3-2-5-14(19)11-20(28)23(29)27-13-17-10-15-9-16(24)12-18(21(15)30-17)22-25-7-4-8-26-22/h2-9,11-12,17H,10,13H2,1H3,(H,27,29). The van der Waals surface area contributed by atoms with Crippen molar-refractivity contribution in [1.29, 1.82) is 0 Å². The quantitative estimate of drug-likeness (QED) is 0.543. The maximum atomic E-state index is 12.8. The van der Waals surface area contributed by atoms with Crippen LogP contribution in [0.15, 0.2) is 60.9 Å². The van der Waals surface area contributed by atoms with Crippen molar-refractivity contribution in [3.05, 3.63) is 77.2 Å². The molecule has 0 saturated carbocycles. The molecule has 0 spiro atoms. The number of nitrogens with one attached hydrogen (secondary N) is 1. The van der Waals surface area contributed by atoms with Gasteiger partial charge in [0.2, 0.25) is 0 Å². The molecule has 0 aliphatic carbocycles. The molecule has 1 unspecified atom stereocenters. The zero-order valence-corrected chi connectivity index (χ0v) is 17.1. The Hall–Kier alpha value is -3.38. The van der Waals surface area contributed by atoms with Crippen molar-refractivity contribution >= 4 is 28.4 Å². The number of rotatable bonds is 4. The number of benzene rings is 2. The zero-order valence-electron chi connectivity index (χ0n) is 16.3. The molecule has 1 atom stereocenters. The lowest BCUT2D eigenvalue weighted by Crippen LogP contribution is -2.35. The third-order valence-electron chi connectivity index (χ3n) is 5.34. The second-order valence-electron chi connectivity index (χ2n) is 7.32. The van der Waals surface area contributed by atoms with Crippen LogP contribution in [0.5, 0.6) is 5.75 Å². The highest BCUT2D eigenvalue weighted by Crippen LogP contribution is 2.39. The minimum atomic E-state index is -0.181. The first-order valence-corrected chi connectivity index (χ1v) is 10.1. The van der Waals surface area contributed by atoms with Gasteiger partial charge in [0.1, 0.15) is 17.5 Å². The van der Waals surface area contributed by atoms with E-state index in [-0.39, 0.29) is 12.0 Å². The Kier molecular flexibility index (Phi) is 4.64. The minimum Gasteiger partial charge on any atom is -0.487 e. The topological polar surface area (TPSA) is 69.0 Å². The summed E-state index contributed by atoms with van der Waals surface area (Å²) in [4.78, 5) is 21.4. The maximum Gasteiger partial charge on any atom is 0.268 e. The lowest BCUT2D eigenvalue weighted by Gasteiger charge is -2.13. The van der Waals surface area contributed by atoms with Crippen LogP contribution < -0.4 is 10.1 Å². The number of aromatic nitrogens is 3. The summed E-state index contributed by atoms with van der Waals surface area (Å²) >= 11 is 6.31. The molecule has 0 radical (unpaired) electrons. The maximum absolute atomic E-state index is 12.8. The number of fused-ring (bicyclic) bond motifs is 2. The monoisotopic (exact) mass is 418 g/mol. The van der Waals surface area contributed by atoms with Crippen LogP contribution in [-0.4, -0.2) is 33.1 Å². The largest absolute Gasteiger partial charge is 0.487 e. The lowest BCUT2D eigenvalue weighted by atomic mass is 10.1. The zero-order chi connectivity index (χ0) is 20.7. The average molecular weight is 419 g/mol. The normalized spacial score (nSPS) is 15.1. The molecule has 7 heteroatoms. The number of carbonyl (C=O) groups excluding carboxylic acids is 1. The third-order valence-corrected chi connectivity index (χ3v) is 5.56. The molecule has 2 aromatic carbocycles. The fraction of sp³-hybridized carbons (Fsp3) is 0.174. The fourth-order valence-electron chi connectivity index (χ4n) is 3.92. The summed E-state index contributed by atoms with van der Waals surface area (Å²) in [5, 5.41) is 4.65. The van der Waals surface area contributed by atoms with Crippen molar-refractivity contribution in [1.82, 2.24) is 19.9 Å². The van der Waals surface area contributed by atoms with Crippen molar-refractivity contribution in [2.24, 2.45) is 7.05 Å². The van der Waals surface area contributed by atoms with E-state index in [1.54, 1.807) is 18.5 Å². The van der Waals surface area contributed by atoms with Crippen molar-refractivity contribution in [3.63, 3.8) is 0 Å². The first-order chi connectivity index (χ1) is 14.6. The first-order valence-electron chi connectivity index (χ1n) is 9.69. The van der Waals surface area contributed by atoms with Gasteiger partial charge in [-0.1, -0.05) is 29.8 Å². The molecule has 6 nitrogen and oxygen atoms in total. The second-order valence-corrected chi connectivity index (χ2v) is 7.75. The van der Waals surface area contributed by atoms with Gasteiger partial charge < -0.3 is 14.6 Å². The van der Waals surface area contributed by atoms with E-state index in [1.807, 2.05) is 54.1 Å². The van der Waals surface area contributed by atoms with Gasteiger partial charge in [0.05, 0.1) is 12.1 Å². The van der Waals surface area contributed by atoms with E-state index in [9.17, 15) is 4.79 Å². The number of aryl methyl sites for hydroxylation is 1. The second kappa shape index (κ2) is 7.46. The number of halogens is 1. The Bertz CT molecular complexity index is 1250. The van der Waals surface area contributed by atoms with Crippen LogP contribution in [0.3, 0.4) is 0 Å². The van der Waals surface area contributed by atoms with E-state index in [0.29, 0.717) is 29.5 Å². The molecular weight excluding hydrogens is 400 g/mol. The van der Waals surface area contributed by atoms with Crippen LogP contribution in [0, 0.1) is 0 Å². The molecule has 1 aliphatic heterocycles. The molecule has 0 bridgehead atoms. The van der Waals surface area contributed by atoms with Gasteiger partial charge in [-0.05, 0) is 30.3 Å². The van der Waals surface area contributed by atoms with E-state index in [1.165, 1.54) is 0 Å². The van der Waals surface area contributed by atoms with Gasteiger partial charge in [-0.2, -0.15) is 0 Å². The van der Waals surface area contributed by atoms with Gasteiger partial charge in [0.25, 0.3) is 5.91 Å².